The molecule has 2 aromatic rings. The molecule has 0 saturated carbocycles. The van der Waals surface area contributed by atoms with Crippen LogP contribution in [0.1, 0.15) is 0 Å². The summed E-state index contributed by atoms with van der Waals surface area (Å²) in [5, 5.41) is 0. The number of aromatic nitrogens is 1. The van der Waals surface area contributed by atoms with Crippen LogP contribution in [0.4, 0.5) is 0 Å². The van der Waals surface area contributed by atoms with E-state index < -0.39 is 0 Å². The number of thioether (sulfide) groups is 1. The van der Waals surface area contributed by atoms with Crippen LogP contribution in [-0.2, 0) is 0 Å². The van der Waals surface area contributed by atoms with E-state index in [1.165, 1.54) is 8.27 Å². The number of thiazole rings is 1. The largest absolute Gasteiger partial charge is 0.230 e. The van der Waals surface area contributed by atoms with Crippen LogP contribution in [0.3, 0.4) is 0 Å². The minimum absolute atomic E-state index is 1.12. The van der Waals surface area contributed by atoms with E-state index in [1.807, 2.05) is 0 Å². The summed E-state index contributed by atoms with van der Waals surface area (Å²) in [7, 11) is 0. The standard InChI is InChI=1S/C8H6INS2/c1-11-8-10-6-3-2-5(9)4-7(6)12-8/h2-4H,1H3. The summed E-state index contributed by atoms with van der Waals surface area (Å²) in [6, 6.07) is 6.34. The van der Waals surface area contributed by atoms with Crippen LogP contribution in [0.5, 0.6) is 0 Å². The highest BCUT2D eigenvalue weighted by atomic mass is 127. The highest BCUT2D eigenvalue weighted by Crippen LogP contribution is 2.28. The second-order valence-electron chi connectivity index (χ2n) is 2.30. The van der Waals surface area contributed by atoms with Gasteiger partial charge in [0.1, 0.15) is 0 Å². The Morgan fingerprint density at radius 2 is 2.33 bits per heavy atom. The van der Waals surface area contributed by atoms with Crippen molar-refractivity contribution in [3.63, 3.8) is 0 Å². The van der Waals surface area contributed by atoms with Gasteiger partial charge in [-0.25, -0.2) is 4.98 Å². The first-order chi connectivity index (χ1) is 5.79. The highest BCUT2D eigenvalue weighted by molar-refractivity contribution is 14.1. The smallest absolute Gasteiger partial charge is 0.150 e. The average molecular weight is 307 g/mol. The lowest BCUT2D eigenvalue weighted by Gasteiger charge is -1.86. The van der Waals surface area contributed by atoms with E-state index in [0.717, 1.165) is 9.86 Å². The third-order valence-corrected chi connectivity index (χ3v) is 4.18. The van der Waals surface area contributed by atoms with E-state index in [1.54, 1.807) is 23.1 Å². The molecule has 62 valence electrons. The van der Waals surface area contributed by atoms with E-state index in [2.05, 4.69) is 52.0 Å². The highest BCUT2D eigenvalue weighted by Gasteiger charge is 2.01. The molecule has 0 aliphatic rings. The van der Waals surface area contributed by atoms with Crippen molar-refractivity contribution in [2.24, 2.45) is 0 Å². The third-order valence-electron chi connectivity index (χ3n) is 1.51. The molecular formula is C8H6INS2. The van der Waals surface area contributed by atoms with E-state index in [9.17, 15) is 0 Å². The molecule has 0 atom stereocenters. The second-order valence-corrected chi connectivity index (χ2v) is 5.63. The summed E-state index contributed by atoms with van der Waals surface area (Å²) in [6.07, 6.45) is 2.06. The molecule has 0 aliphatic carbocycles. The maximum atomic E-state index is 4.45. The third kappa shape index (κ3) is 1.60. The quantitative estimate of drug-likeness (QED) is 0.589. The molecule has 2 rings (SSSR count). The predicted molar refractivity (Wildman–Crippen MR) is 64.1 cm³/mol. The summed E-state index contributed by atoms with van der Waals surface area (Å²) in [5.41, 5.74) is 1.12. The summed E-state index contributed by atoms with van der Waals surface area (Å²) < 4.78 is 3.70. The lowest BCUT2D eigenvalue weighted by molar-refractivity contribution is 1.31. The molecule has 1 nitrogen and oxygen atoms in total. The molecule has 0 aliphatic heterocycles. The molecule has 1 aromatic carbocycles. The van der Waals surface area contributed by atoms with Crippen LogP contribution in [-0.4, -0.2) is 11.2 Å². The van der Waals surface area contributed by atoms with Crippen LogP contribution >= 0.6 is 45.7 Å². The van der Waals surface area contributed by atoms with Gasteiger partial charge in [0.15, 0.2) is 4.34 Å². The van der Waals surface area contributed by atoms with Gasteiger partial charge in [0, 0.05) is 3.57 Å². The van der Waals surface area contributed by atoms with Gasteiger partial charge in [0.05, 0.1) is 10.2 Å². The molecule has 4 heteroatoms. The van der Waals surface area contributed by atoms with Gasteiger partial charge in [-0.3, -0.25) is 0 Å². The van der Waals surface area contributed by atoms with E-state index in [4.69, 9.17) is 0 Å². The summed E-state index contributed by atoms with van der Waals surface area (Å²) in [6.45, 7) is 0. The maximum Gasteiger partial charge on any atom is 0.150 e. The normalized spacial score (nSPS) is 10.8. The fourth-order valence-electron chi connectivity index (χ4n) is 0.965. The SMILES string of the molecule is CSc1nc2ccc(I)cc2s1. The number of fused-ring (bicyclic) bond motifs is 1. The van der Waals surface area contributed by atoms with Crippen LogP contribution < -0.4 is 0 Å². The molecule has 0 bridgehead atoms. The number of hydrogen-bond acceptors (Lipinski definition) is 3. The van der Waals surface area contributed by atoms with Crippen molar-refractivity contribution in [2.45, 2.75) is 4.34 Å². The Bertz CT molecular complexity index is 410. The van der Waals surface area contributed by atoms with Gasteiger partial charge in [0.2, 0.25) is 0 Å². The van der Waals surface area contributed by atoms with Gasteiger partial charge in [-0.1, -0.05) is 11.8 Å². The number of hydrogen-bond donors (Lipinski definition) is 0. The fourth-order valence-corrected chi connectivity index (χ4v) is 3.20. The predicted octanol–water partition coefficient (Wildman–Crippen LogP) is 3.62. The molecule has 0 radical (unpaired) electrons. The van der Waals surface area contributed by atoms with Gasteiger partial charge in [-0.2, -0.15) is 0 Å². The molecule has 0 fully saturated rings. The zero-order chi connectivity index (χ0) is 8.55. The van der Waals surface area contributed by atoms with Crippen LogP contribution in [0.25, 0.3) is 10.2 Å². The molecular weight excluding hydrogens is 301 g/mol. The van der Waals surface area contributed by atoms with Gasteiger partial charge in [-0.05, 0) is 47.0 Å². The molecule has 0 saturated heterocycles. The van der Waals surface area contributed by atoms with Crippen molar-refractivity contribution < 1.29 is 0 Å². The van der Waals surface area contributed by atoms with Gasteiger partial charge >= 0.3 is 0 Å². The topological polar surface area (TPSA) is 12.9 Å². The summed E-state index contributed by atoms with van der Waals surface area (Å²) in [5.74, 6) is 0. The van der Waals surface area contributed by atoms with Gasteiger partial charge in [0.25, 0.3) is 0 Å². The molecule has 12 heavy (non-hydrogen) atoms. The van der Waals surface area contributed by atoms with Crippen molar-refractivity contribution in [1.29, 1.82) is 0 Å². The number of halogens is 1. The van der Waals surface area contributed by atoms with E-state index >= 15 is 0 Å². The lowest BCUT2D eigenvalue weighted by atomic mass is 10.3. The number of nitrogens with zero attached hydrogens (tertiary/aromatic N) is 1. The molecule has 0 unspecified atom stereocenters. The number of benzene rings is 1. The van der Waals surface area contributed by atoms with Crippen LogP contribution in [0.15, 0.2) is 22.5 Å². The Morgan fingerprint density at radius 1 is 1.50 bits per heavy atom. The molecule has 0 amide bonds. The van der Waals surface area contributed by atoms with Crippen molar-refractivity contribution in [3.8, 4) is 0 Å². The Balaban J connectivity index is 2.67. The van der Waals surface area contributed by atoms with Gasteiger partial charge in [-0.15, -0.1) is 11.3 Å². The van der Waals surface area contributed by atoms with E-state index in [0.29, 0.717) is 0 Å². The lowest BCUT2D eigenvalue weighted by Crippen LogP contribution is -1.69. The Hall–Kier alpha value is 0.190. The Labute approximate surface area is 92.7 Å². The van der Waals surface area contributed by atoms with Crippen molar-refractivity contribution in [3.05, 3.63) is 21.8 Å². The maximum absolute atomic E-state index is 4.45. The zero-order valence-corrected chi connectivity index (χ0v) is 10.2. The minimum atomic E-state index is 1.12. The monoisotopic (exact) mass is 307 g/mol. The Kier molecular flexibility index (Phi) is 2.57. The molecule has 0 spiro atoms. The first-order valence-corrected chi connectivity index (χ1v) is 6.51. The van der Waals surface area contributed by atoms with Crippen molar-refractivity contribution >= 4 is 55.9 Å². The van der Waals surface area contributed by atoms with E-state index in [-0.39, 0.29) is 0 Å². The average Bonchev–Trinajstić information content (AvgIpc) is 2.46. The second kappa shape index (κ2) is 3.51. The van der Waals surface area contributed by atoms with Crippen molar-refractivity contribution in [1.82, 2.24) is 4.98 Å². The molecule has 1 aromatic heterocycles. The van der Waals surface area contributed by atoms with Crippen LogP contribution in [0.2, 0.25) is 0 Å². The van der Waals surface area contributed by atoms with Crippen LogP contribution in [0, 0.1) is 3.57 Å². The first-order valence-electron chi connectivity index (χ1n) is 3.39. The zero-order valence-electron chi connectivity index (χ0n) is 6.37. The minimum Gasteiger partial charge on any atom is -0.230 e. The van der Waals surface area contributed by atoms with Crippen molar-refractivity contribution in [2.75, 3.05) is 6.26 Å². The Morgan fingerprint density at radius 3 is 3.08 bits per heavy atom. The first kappa shape index (κ1) is 8.77. The fraction of sp³-hybridized carbons (Fsp3) is 0.125. The number of rotatable bonds is 1. The molecule has 0 N–H and O–H groups in total. The van der Waals surface area contributed by atoms with Gasteiger partial charge < -0.3 is 0 Å². The summed E-state index contributed by atoms with van der Waals surface area (Å²) in [4.78, 5) is 4.45. The molecule has 1 heterocycles. The summed E-state index contributed by atoms with van der Waals surface area (Å²) >= 11 is 5.79.